The highest BCUT2D eigenvalue weighted by atomic mass is 32.2. The molecule has 13 N–H and O–H groups in total. The second-order valence-corrected chi connectivity index (χ2v) is 13.6. The van der Waals surface area contributed by atoms with Crippen LogP contribution in [0.15, 0.2) is 65.8 Å². The number of nitrogens with zero attached hydrogens (tertiary/aromatic N) is 1. The number of H-pyrrole nitrogens is 1. The van der Waals surface area contributed by atoms with Crippen molar-refractivity contribution in [3.8, 4) is 0 Å². The molecule has 292 valence electrons. The van der Waals surface area contributed by atoms with Crippen molar-refractivity contribution < 1.29 is 39.0 Å². The number of carboxylic acid groups (broad SMARTS) is 2. The molecule has 1 aromatic heterocycles. The molecule has 0 aliphatic carbocycles. The van der Waals surface area contributed by atoms with E-state index in [-0.39, 0.29) is 51.0 Å². The number of fused-ring (bicyclic) bond motifs is 1. The van der Waals surface area contributed by atoms with Gasteiger partial charge in [-0.05, 0) is 61.3 Å². The fourth-order valence-corrected chi connectivity index (χ4v) is 6.06. The van der Waals surface area contributed by atoms with Gasteiger partial charge < -0.3 is 53.7 Å². The van der Waals surface area contributed by atoms with Crippen molar-refractivity contribution in [1.82, 2.24) is 26.3 Å². The molecule has 0 unspecified atom stereocenters. The monoisotopic (exact) mass is 767 g/mol. The Labute approximate surface area is 316 Å². The highest BCUT2D eigenvalue weighted by Gasteiger charge is 2.32. The Morgan fingerprint density at radius 3 is 1.94 bits per heavy atom. The van der Waals surface area contributed by atoms with Crippen molar-refractivity contribution in [1.29, 1.82) is 0 Å². The zero-order valence-corrected chi connectivity index (χ0v) is 30.8. The van der Waals surface area contributed by atoms with Gasteiger partial charge in [0.1, 0.15) is 24.2 Å². The first-order valence-corrected chi connectivity index (χ1v) is 18.7. The molecule has 0 fully saturated rings. The predicted octanol–water partition coefficient (Wildman–Crippen LogP) is -0.0243. The van der Waals surface area contributed by atoms with E-state index in [2.05, 4.69) is 31.2 Å². The molecule has 0 radical (unpaired) electrons. The number of rotatable bonds is 23. The summed E-state index contributed by atoms with van der Waals surface area (Å²) in [6.45, 7) is 0.0854. The maximum atomic E-state index is 13.7. The summed E-state index contributed by atoms with van der Waals surface area (Å²) in [5.74, 6) is -5.36. The third-order valence-electron chi connectivity index (χ3n) is 8.45. The Hall–Kier alpha value is -5.62. The van der Waals surface area contributed by atoms with Crippen molar-refractivity contribution in [2.24, 2.45) is 22.2 Å². The summed E-state index contributed by atoms with van der Waals surface area (Å²) < 4.78 is 0. The van der Waals surface area contributed by atoms with Crippen LogP contribution < -0.4 is 38.5 Å². The average Bonchev–Trinajstić information content (AvgIpc) is 3.55. The number of carbonyl (C=O) groups excluding carboxylic acids is 4. The van der Waals surface area contributed by atoms with Crippen LogP contribution in [0.3, 0.4) is 0 Å². The minimum atomic E-state index is -1.45. The van der Waals surface area contributed by atoms with Crippen LogP contribution in [0.25, 0.3) is 10.9 Å². The summed E-state index contributed by atoms with van der Waals surface area (Å²) in [6.07, 6.45) is 3.05. The van der Waals surface area contributed by atoms with Crippen LogP contribution in [-0.4, -0.2) is 105 Å². The second kappa shape index (κ2) is 21.8. The SMILES string of the molecule is CSCC[C@H](NC(=O)[C@@H](N)Cc1ccccc1)C(=O)N[C@@H](CCC(=O)O)C(=O)N[C@@H](CCCN=C(N)N)C(=O)N[C@@H](Cc1c[nH]c2ccccc12)C(=O)O. The fraction of sp³-hybridized carbons (Fsp3) is 0.417. The molecular formula is C36H49N9O8S. The summed E-state index contributed by atoms with van der Waals surface area (Å²) in [5.41, 5.74) is 19.2. The standard InChI is InChI=1S/C36H49N9O8S/c1-54-17-15-28(42-31(48)24(37)18-21-8-3-2-4-9-21)34(51)44-27(13-14-30(46)47)33(50)43-26(12-7-16-40-36(38)39)32(49)45-29(35(52)53)19-22-20-41-25-11-6-5-10-23(22)25/h2-6,8-11,20,24,26-29,41H,7,12-19,37H2,1H3,(H,42,48)(H,43,50)(H,44,51)(H,45,49)(H,46,47)(H,52,53)(H4,38,39,40)/t24-,26-,27-,28-,29-/m0/s1. The van der Waals surface area contributed by atoms with Crippen LogP contribution in [0.5, 0.6) is 0 Å². The fourth-order valence-electron chi connectivity index (χ4n) is 5.59. The highest BCUT2D eigenvalue weighted by molar-refractivity contribution is 7.98. The number of aliphatic carboxylic acids is 2. The molecule has 18 heteroatoms. The van der Waals surface area contributed by atoms with Crippen LogP contribution in [0.1, 0.15) is 43.2 Å². The maximum Gasteiger partial charge on any atom is 0.326 e. The number of amides is 4. The molecule has 0 saturated carbocycles. The van der Waals surface area contributed by atoms with E-state index in [9.17, 15) is 39.0 Å². The van der Waals surface area contributed by atoms with Gasteiger partial charge in [0.25, 0.3) is 0 Å². The number of aromatic amines is 1. The largest absolute Gasteiger partial charge is 0.481 e. The lowest BCUT2D eigenvalue weighted by atomic mass is 10.0. The summed E-state index contributed by atoms with van der Waals surface area (Å²) in [5, 5.41) is 30.5. The van der Waals surface area contributed by atoms with E-state index in [4.69, 9.17) is 17.2 Å². The average molecular weight is 768 g/mol. The number of hydrogen-bond donors (Lipinski definition) is 10. The third kappa shape index (κ3) is 14.1. The minimum absolute atomic E-state index is 0.0426. The first kappa shape index (κ1) is 42.8. The molecule has 4 amide bonds. The van der Waals surface area contributed by atoms with Gasteiger partial charge in [0.2, 0.25) is 23.6 Å². The van der Waals surface area contributed by atoms with Gasteiger partial charge in [-0.25, -0.2) is 4.79 Å². The number of carboxylic acids is 2. The lowest BCUT2D eigenvalue weighted by Crippen LogP contribution is -2.58. The van der Waals surface area contributed by atoms with E-state index in [0.717, 1.165) is 16.5 Å². The number of para-hydroxylation sites is 1. The molecule has 0 aliphatic heterocycles. The summed E-state index contributed by atoms with van der Waals surface area (Å²) in [6, 6.07) is 10.1. The number of carbonyl (C=O) groups is 6. The van der Waals surface area contributed by atoms with E-state index in [0.29, 0.717) is 11.3 Å². The molecule has 1 heterocycles. The number of nitrogens with two attached hydrogens (primary N) is 3. The smallest absolute Gasteiger partial charge is 0.326 e. The van der Waals surface area contributed by atoms with Gasteiger partial charge in [-0.1, -0.05) is 48.5 Å². The normalized spacial score (nSPS) is 13.7. The Kier molecular flexibility index (Phi) is 17.3. The minimum Gasteiger partial charge on any atom is -0.481 e. The lowest BCUT2D eigenvalue weighted by molar-refractivity contribution is -0.142. The Morgan fingerprint density at radius 2 is 1.33 bits per heavy atom. The first-order chi connectivity index (χ1) is 25.8. The van der Waals surface area contributed by atoms with Crippen molar-refractivity contribution in [2.45, 2.75) is 75.2 Å². The van der Waals surface area contributed by atoms with Crippen molar-refractivity contribution >= 4 is 64.2 Å². The van der Waals surface area contributed by atoms with E-state index in [1.54, 1.807) is 12.3 Å². The second-order valence-electron chi connectivity index (χ2n) is 12.6. The molecule has 3 aromatic rings. The topological polar surface area (TPSA) is 297 Å². The van der Waals surface area contributed by atoms with E-state index >= 15 is 0 Å². The zero-order valence-electron chi connectivity index (χ0n) is 30.0. The molecule has 0 aliphatic rings. The number of thioether (sulfide) groups is 1. The molecule has 0 spiro atoms. The number of aliphatic imine (C=N–C) groups is 1. The number of guanidine groups is 1. The first-order valence-electron chi connectivity index (χ1n) is 17.3. The molecule has 0 bridgehead atoms. The van der Waals surface area contributed by atoms with Gasteiger partial charge in [-0.2, -0.15) is 11.8 Å². The molecule has 3 rings (SSSR count). The van der Waals surface area contributed by atoms with Gasteiger partial charge in [0.05, 0.1) is 6.04 Å². The predicted molar refractivity (Wildman–Crippen MR) is 205 cm³/mol. The summed E-state index contributed by atoms with van der Waals surface area (Å²) in [4.78, 5) is 84.8. The quantitative estimate of drug-likeness (QED) is 0.0346. The number of nitrogens with one attached hydrogen (secondary N) is 5. The molecule has 2 aromatic carbocycles. The lowest BCUT2D eigenvalue weighted by Gasteiger charge is -2.26. The summed E-state index contributed by atoms with van der Waals surface area (Å²) >= 11 is 1.42. The number of hydrogen-bond acceptors (Lipinski definition) is 9. The van der Waals surface area contributed by atoms with Gasteiger partial charge in [0, 0.05) is 36.5 Å². The number of aromatic nitrogens is 1. The third-order valence-corrected chi connectivity index (χ3v) is 9.09. The highest BCUT2D eigenvalue weighted by Crippen LogP contribution is 2.19. The van der Waals surface area contributed by atoms with Crippen LogP contribution in [0.2, 0.25) is 0 Å². The zero-order chi connectivity index (χ0) is 39.6. The molecule has 54 heavy (non-hydrogen) atoms. The van der Waals surface area contributed by atoms with Gasteiger partial charge in [-0.15, -0.1) is 0 Å². The summed E-state index contributed by atoms with van der Waals surface area (Å²) in [7, 11) is 0. The molecule has 0 saturated heterocycles. The van der Waals surface area contributed by atoms with Crippen LogP contribution in [-0.2, 0) is 41.6 Å². The molecule has 17 nitrogen and oxygen atoms in total. The van der Waals surface area contributed by atoms with Gasteiger partial charge >= 0.3 is 11.9 Å². The van der Waals surface area contributed by atoms with Crippen molar-refractivity contribution in [3.05, 3.63) is 71.9 Å². The van der Waals surface area contributed by atoms with Gasteiger partial charge in [-0.3, -0.25) is 29.0 Å². The maximum absolute atomic E-state index is 13.7. The Balaban J connectivity index is 1.79. The van der Waals surface area contributed by atoms with Gasteiger partial charge in [0.15, 0.2) is 5.96 Å². The van der Waals surface area contributed by atoms with E-state index in [1.165, 1.54) is 11.8 Å². The van der Waals surface area contributed by atoms with Crippen molar-refractivity contribution in [3.63, 3.8) is 0 Å². The van der Waals surface area contributed by atoms with E-state index in [1.807, 2.05) is 54.8 Å². The number of benzene rings is 2. The van der Waals surface area contributed by atoms with Crippen LogP contribution in [0, 0.1) is 0 Å². The van der Waals surface area contributed by atoms with E-state index < -0.39 is 72.2 Å². The Morgan fingerprint density at radius 1 is 0.759 bits per heavy atom. The Bertz CT molecular complexity index is 1770. The van der Waals surface area contributed by atoms with Crippen molar-refractivity contribution in [2.75, 3.05) is 18.6 Å². The van der Waals surface area contributed by atoms with Crippen LogP contribution >= 0.6 is 11.8 Å². The molecular weight excluding hydrogens is 719 g/mol. The van der Waals surface area contributed by atoms with Crippen LogP contribution in [0.4, 0.5) is 0 Å². The molecule has 5 atom stereocenters.